The zero-order valence-electron chi connectivity index (χ0n) is 14.2. The summed E-state index contributed by atoms with van der Waals surface area (Å²) in [6, 6.07) is 10.7. The molecule has 1 heterocycles. The molecule has 0 aliphatic rings. The second-order valence-corrected chi connectivity index (χ2v) is 7.53. The number of sulfonamides is 1. The lowest BCUT2D eigenvalue weighted by atomic mass is 10.2. The van der Waals surface area contributed by atoms with E-state index < -0.39 is 10.0 Å². The van der Waals surface area contributed by atoms with Gasteiger partial charge in [0.05, 0.1) is 22.3 Å². The molecule has 0 atom stereocenters. The Hall–Kier alpha value is -3.13. The number of hydrogen-bond acceptors (Lipinski definition) is 5. The van der Waals surface area contributed by atoms with Crippen molar-refractivity contribution in [3.8, 4) is 11.4 Å². The van der Waals surface area contributed by atoms with Crippen molar-refractivity contribution in [2.75, 3.05) is 4.72 Å². The van der Waals surface area contributed by atoms with Gasteiger partial charge in [-0.1, -0.05) is 17.7 Å². The van der Waals surface area contributed by atoms with Gasteiger partial charge in [0.2, 0.25) is 0 Å². The maximum atomic E-state index is 12.5. The Balaban J connectivity index is 1.94. The van der Waals surface area contributed by atoms with Gasteiger partial charge in [0.1, 0.15) is 11.4 Å². The number of rotatable bonds is 5. The van der Waals surface area contributed by atoms with Crippen molar-refractivity contribution in [1.82, 2.24) is 9.78 Å². The highest BCUT2D eigenvalue weighted by atomic mass is 32.2. The second-order valence-electron chi connectivity index (χ2n) is 5.85. The minimum absolute atomic E-state index is 0.0958. The van der Waals surface area contributed by atoms with E-state index in [2.05, 4.69) is 9.82 Å². The summed E-state index contributed by atoms with van der Waals surface area (Å²) >= 11 is 0. The molecule has 1 aromatic heterocycles. The standard InChI is InChI=1S/C18H17N3O4S/c1-12-3-6-16(7-4-12)26(24,25)20-15-5-8-18(23)17(9-15)21-11-14(10-19-21)13(2)22/h3-11,20,23H,1-2H3. The fraction of sp³-hybridized carbons (Fsp3) is 0.111. The molecule has 0 radical (unpaired) electrons. The SMILES string of the molecule is CC(=O)c1cnn(-c2cc(NS(=O)(=O)c3ccc(C)cc3)ccc2O)c1. The molecular weight excluding hydrogens is 354 g/mol. The Morgan fingerprint density at radius 3 is 2.46 bits per heavy atom. The highest BCUT2D eigenvalue weighted by Crippen LogP contribution is 2.27. The largest absolute Gasteiger partial charge is 0.506 e. The topological polar surface area (TPSA) is 101 Å². The van der Waals surface area contributed by atoms with Crippen LogP contribution in [0.3, 0.4) is 0 Å². The van der Waals surface area contributed by atoms with Crippen LogP contribution >= 0.6 is 0 Å². The Morgan fingerprint density at radius 1 is 1.15 bits per heavy atom. The first-order valence-corrected chi connectivity index (χ1v) is 9.23. The molecule has 0 spiro atoms. The fourth-order valence-electron chi connectivity index (χ4n) is 2.34. The molecule has 3 aromatic rings. The number of anilines is 1. The van der Waals surface area contributed by atoms with E-state index in [4.69, 9.17) is 0 Å². The van der Waals surface area contributed by atoms with Crippen molar-refractivity contribution >= 4 is 21.5 Å². The lowest BCUT2D eigenvalue weighted by Gasteiger charge is -2.11. The molecule has 134 valence electrons. The molecule has 2 aromatic carbocycles. The van der Waals surface area contributed by atoms with Crippen LogP contribution < -0.4 is 4.72 Å². The number of aromatic hydroxyl groups is 1. The molecular formula is C18H17N3O4S. The molecule has 0 aliphatic heterocycles. The van der Waals surface area contributed by atoms with Crippen LogP contribution in [0.15, 0.2) is 59.8 Å². The third kappa shape index (κ3) is 3.60. The van der Waals surface area contributed by atoms with Crippen LogP contribution in [0.5, 0.6) is 5.75 Å². The first-order valence-electron chi connectivity index (χ1n) is 7.75. The van der Waals surface area contributed by atoms with Gasteiger partial charge in [-0.25, -0.2) is 13.1 Å². The van der Waals surface area contributed by atoms with E-state index in [1.807, 2.05) is 6.92 Å². The summed E-state index contributed by atoms with van der Waals surface area (Å²) in [4.78, 5) is 11.5. The Morgan fingerprint density at radius 2 is 1.85 bits per heavy atom. The van der Waals surface area contributed by atoms with Gasteiger partial charge in [0.25, 0.3) is 10.0 Å². The van der Waals surface area contributed by atoms with E-state index >= 15 is 0 Å². The second kappa shape index (κ2) is 6.64. The van der Waals surface area contributed by atoms with Crippen LogP contribution in [0.4, 0.5) is 5.69 Å². The van der Waals surface area contributed by atoms with Crippen molar-refractivity contribution in [2.45, 2.75) is 18.7 Å². The molecule has 0 aliphatic carbocycles. The van der Waals surface area contributed by atoms with Crippen LogP contribution in [-0.2, 0) is 10.0 Å². The van der Waals surface area contributed by atoms with Crippen molar-refractivity contribution in [2.24, 2.45) is 0 Å². The van der Waals surface area contributed by atoms with Crippen LogP contribution in [-0.4, -0.2) is 29.1 Å². The van der Waals surface area contributed by atoms with E-state index in [9.17, 15) is 18.3 Å². The van der Waals surface area contributed by atoms with Crippen LogP contribution in [0.1, 0.15) is 22.8 Å². The predicted octanol–water partition coefficient (Wildman–Crippen LogP) is 2.89. The van der Waals surface area contributed by atoms with E-state index in [1.165, 1.54) is 54.3 Å². The number of carbonyl (C=O) groups is 1. The highest BCUT2D eigenvalue weighted by molar-refractivity contribution is 7.92. The Bertz CT molecular complexity index is 1070. The minimum Gasteiger partial charge on any atom is -0.506 e. The number of hydrogen-bond donors (Lipinski definition) is 2. The van der Waals surface area contributed by atoms with Gasteiger partial charge in [-0.2, -0.15) is 5.10 Å². The number of nitrogens with one attached hydrogen (secondary N) is 1. The van der Waals surface area contributed by atoms with E-state index in [-0.39, 0.29) is 27.8 Å². The van der Waals surface area contributed by atoms with Gasteiger partial charge >= 0.3 is 0 Å². The normalized spacial score (nSPS) is 11.3. The predicted molar refractivity (Wildman–Crippen MR) is 97.2 cm³/mol. The summed E-state index contributed by atoms with van der Waals surface area (Å²) in [5.41, 5.74) is 1.85. The number of phenols is 1. The quantitative estimate of drug-likeness (QED) is 0.530. The summed E-state index contributed by atoms with van der Waals surface area (Å²) in [6.07, 6.45) is 2.85. The smallest absolute Gasteiger partial charge is 0.261 e. The molecule has 0 bridgehead atoms. The number of Topliss-reactive ketones (excluding diaryl/α,β-unsaturated/α-hetero) is 1. The number of phenolic OH excluding ortho intramolecular Hbond substituents is 1. The summed E-state index contributed by atoms with van der Waals surface area (Å²) in [6.45, 7) is 3.28. The Labute approximate surface area is 151 Å². The van der Waals surface area contributed by atoms with Gasteiger partial charge in [0, 0.05) is 6.20 Å². The third-order valence-electron chi connectivity index (χ3n) is 3.79. The monoisotopic (exact) mass is 371 g/mol. The summed E-state index contributed by atoms with van der Waals surface area (Å²) in [5.74, 6) is -0.256. The number of carbonyl (C=O) groups excluding carboxylic acids is 1. The average molecular weight is 371 g/mol. The molecule has 26 heavy (non-hydrogen) atoms. The van der Waals surface area contributed by atoms with Crippen LogP contribution in [0.25, 0.3) is 5.69 Å². The molecule has 0 amide bonds. The van der Waals surface area contributed by atoms with Crippen molar-refractivity contribution in [1.29, 1.82) is 0 Å². The molecule has 0 unspecified atom stereocenters. The highest BCUT2D eigenvalue weighted by Gasteiger charge is 2.16. The van der Waals surface area contributed by atoms with Crippen molar-refractivity contribution in [3.63, 3.8) is 0 Å². The number of benzene rings is 2. The molecule has 8 heteroatoms. The van der Waals surface area contributed by atoms with E-state index in [0.717, 1.165) is 5.56 Å². The molecule has 7 nitrogen and oxygen atoms in total. The van der Waals surface area contributed by atoms with Gasteiger partial charge in [-0.05, 0) is 44.2 Å². The average Bonchev–Trinajstić information content (AvgIpc) is 3.07. The van der Waals surface area contributed by atoms with Crippen LogP contribution in [0.2, 0.25) is 0 Å². The van der Waals surface area contributed by atoms with Crippen molar-refractivity contribution in [3.05, 3.63) is 66.0 Å². The maximum absolute atomic E-state index is 12.5. The van der Waals surface area contributed by atoms with Gasteiger partial charge in [-0.3, -0.25) is 9.52 Å². The number of aromatic nitrogens is 2. The lowest BCUT2D eigenvalue weighted by Crippen LogP contribution is -2.13. The minimum atomic E-state index is -3.77. The third-order valence-corrected chi connectivity index (χ3v) is 5.19. The lowest BCUT2D eigenvalue weighted by molar-refractivity contribution is 0.101. The summed E-state index contributed by atoms with van der Waals surface area (Å²) < 4.78 is 28.8. The maximum Gasteiger partial charge on any atom is 0.261 e. The molecule has 0 fully saturated rings. The number of aryl methyl sites for hydroxylation is 1. The van der Waals surface area contributed by atoms with Crippen LogP contribution in [0, 0.1) is 6.92 Å². The van der Waals surface area contributed by atoms with Gasteiger partial charge < -0.3 is 5.11 Å². The summed E-state index contributed by atoms with van der Waals surface area (Å²) in [7, 11) is -3.77. The zero-order valence-corrected chi connectivity index (χ0v) is 15.0. The molecule has 2 N–H and O–H groups in total. The van der Waals surface area contributed by atoms with E-state index in [0.29, 0.717) is 5.56 Å². The fourth-order valence-corrected chi connectivity index (χ4v) is 3.39. The number of nitrogens with zero attached hydrogens (tertiary/aromatic N) is 2. The first-order chi connectivity index (χ1) is 12.3. The van der Waals surface area contributed by atoms with Gasteiger partial charge in [0.15, 0.2) is 5.78 Å². The van der Waals surface area contributed by atoms with Gasteiger partial charge in [-0.15, -0.1) is 0 Å². The molecule has 3 rings (SSSR count). The molecule has 0 saturated heterocycles. The first kappa shape index (κ1) is 17.7. The summed E-state index contributed by atoms with van der Waals surface area (Å²) in [5, 5.41) is 14.1. The zero-order chi connectivity index (χ0) is 18.9. The number of ketones is 1. The molecule has 0 saturated carbocycles. The Kier molecular flexibility index (Phi) is 4.52. The van der Waals surface area contributed by atoms with E-state index in [1.54, 1.807) is 12.1 Å². The van der Waals surface area contributed by atoms with Crippen molar-refractivity contribution < 1.29 is 18.3 Å².